The van der Waals surface area contributed by atoms with Crippen LogP contribution in [0.4, 0.5) is 4.79 Å². The normalized spacial score (nSPS) is 19.5. The largest absolute Gasteiger partial charge is 0.444 e. The number of aliphatic hydroxyl groups is 1. The Bertz CT molecular complexity index is 1240. The van der Waals surface area contributed by atoms with Crippen LogP contribution in [0.5, 0.6) is 0 Å². The number of ether oxygens (including phenoxy) is 1. The highest BCUT2D eigenvalue weighted by molar-refractivity contribution is 5.92. The number of fused-ring (bicyclic) bond motifs is 1. The number of rotatable bonds is 17. The number of hydrogen-bond acceptors (Lipinski definition) is 6. The standard InChI is InChI=1S/C40H66N4O6/c1-8-10-21-34(44-26-30-20-16-15-19-29(30)24-33(38(44)48)43-39(49)50-40(5,6)7)37(47)42-32(23-28-17-13-12-14-18-28)35(45)25-31(27(3)4)36(46)41-22-11-9-2/h15-16,19-20,27-28,31-35,45H,8-14,17-18,21-26H2,1-7H3,(H,41,46)(H,42,47)(H,43,49)/t31-,32+,33+,34+,35+/m1/s1. The molecule has 1 fully saturated rings. The Kier molecular flexibility index (Phi) is 16.5. The number of nitrogens with one attached hydrogen (secondary N) is 3. The van der Waals surface area contributed by atoms with Crippen molar-refractivity contribution in [2.24, 2.45) is 17.8 Å². The zero-order valence-corrected chi connectivity index (χ0v) is 31.9. The summed E-state index contributed by atoms with van der Waals surface area (Å²) in [6, 6.07) is 5.47. The van der Waals surface area contributed by atoms with Gasteiger partial charge >= 0.3 is 6.09 Å². The number of amides is 4. The molecule has 4 amide bonds. The van der Waals surface area contributed by atoms with E-state index in [1.165, 1.54) is 6.42 Å². The van der Waals surface area contributed by atoms with Gasteiger partial charge in [-0.3, -0.25) is 14.4 Å². The van der Waals surface area contributed by atoms with E-state index in [9.17, 15) is 24.3 Å². The fraction of sp³-hybridized carbons (Fsp3) is 0.750. The Morgan fingerprint density at radius 3 is 2.26 bits per heavy atom. The van der Waals surface area contributed by atoms with Gasteiger partial charge in [0.15, 0.2) is 0 Å². The van der Waals surface area contributed by atoms with Crippen molar-refractivity contribution in [2.75, 3.05) is 6.54 Å². The quantitative estimate of drug-likeness (QED) is 0.139. The minimum atomic E-state index is -0.931. The molecule has 0 unspecified atom stereocenters. The van der Waals surface area contributed by atoms with Gasteiger partial charge in [0.2, 0.25) is 17.7 Å². The molecule has 0 radical (unpaired) electrons. The van der Waals surface area contributed by atoms with Crippen molar-refractivity contribution in [3.05, 3.63) is 35.4 Å². The van der Waals surface area contributed by atoms with Crippen molar-refractivity contribution in [3.8, 4) is 0 Å². The molecule has 282 valence electrons. The minimum absolute atomic E-state index is 0.0128. The van der Waals surface area contributed by atoms with Gasteiger partial charge in [-0.15, -0.1) is 0 Å². The Morgan fingerprint density at radius 2 is 1.64 bits per heavy atom. The lowest BCUT2D eigenvalue weighted by Crippen LogP contribution is -2.57. The molecule has 2 aliphatic rings. The molecule has 4 N–H and O–H groups in total. The van der Waals surface area contributed by atoms with Gasteiger partial charge in [0, 0.05) is 25.4 Å². The highest BCUT2D eigenvalue weighted by atomic mass is 16.6. The van der Waals surface area contributed by atoms with E-state index in [4.69, 9.17) is 4.74 Å². The fourth-order valence-corrected chi connectivity index (χ4v) is 7.33. The van der Waals surface area contributed by atoms with Crippen molar-refractivity contribution >= 4 is 23.8 Å². The molecule has 10 nitrogen and oxygen atoms in total. The van der Waals surface area contributed by atoms with Gasteiger partial charge in [0.25, 0.3) is 0 Å². The third kappa shape index (κ3) is 12.9. The van der Waals surface area contributed by atoms with Gasteiger partial charge in [-0.25, -0.2) is 4.79 Å². The Balaban J connectivity index is 1.92. The molecular weight excluding hydrogens is 632 g/mol. The predicted octanol–water partition coefficient (Wildman–Crippen LogP) is 6.42. The van der Waals surface area contributed by atoms with Crippen molar-refractivity contribution < 1.29 is 29.0 Å². The second kappa shape index (κ2) is 20.0. The lowest BCUT2D eigenvalue weighted by molar-refractivity contribution is -0.143. The van der Waals surface area contributed by atoms with E-state index in [-0.39, 0.29) is 43.0 Å². The fourth-order valence-electron chi connectivity index (χ4n) is 7.33. The first-order valence-corrected chi connectivity index (χ1v) is 19.4. The zero-order valence-electron chi connectivity index (χ0n) is 31.9. The van der Waals surface area contributed by atoms with E-state index in [2.05, 4.69) is 29.8 Å². The summed E-state index contributed by atoms with van der Waals surface area (Å²) < 4.78 is 5.51. The van der Waals surface area contributed by atoms with E-state index < -0.39 is 41.8 Å². The topological polar surface area (TPSA) is 137 Å². The van der Waals surface area contributed by atoms with Crippen molar-refractivity contribution in [2.45, 2.75) is 168 Å². The summed E-state index contributed by atoms with van der Waals surface area (Å²) in [5.74, 6) is -0.728. The van der Waals surface area contributed by atoms with Crippen LogP contribution in [0, 0.1) is 17.8 Å². The maximum absolute atomic E-state index is 14.5. The predicted molar refractivity (Wildman–Crippen MR) is 197 cm³/mol. The highest BCUT2D eigenvalue weighted by Crippen LogP contribution is 2.30. The smallest absolute Gasteiger partial charge is 0.408 e. The molecule has 0 bridgehead atoms. The SMILES string of the molecule is CCCCNC(=O)[C@H](C[C@H](O)[C@H](CC1CCCCC1)NC(=O)[C@H](CCCC)N1Cc2ccccc2C[C@H](NC(=O)OC(C)(C)C)C1=O)C(C)C. The average Bonchev–Trinajstić information content (AvgIpc) is 3.18. The monoisotopic (exact) mass is 698 g/mol. The molecule has 50 heavy (non-hydrogen) atoms. The number of unbranched alkanes of at least 4 members (excludes halogenated alkanes) is 2. The second-order valence-corrected chi connectivity index (χ2v) is 15.9. The Morgan fingerprint density at radius 1 is 0.980 bits per heavy atom. The van der Waals surface area contributed by atoms with E-state index in [0.717, 1.165) is 62.5 Å². The van der Waals surface area contributed by atoms with Gasteiger partial charge in [-0.1, -0.05) is 103 Å². The Labute approximate surface area is 301 Å². The number of benzene rings is 1. The molecule has 1 saturated carbocycles. The zero-order chi connectivity index (χ0) is 36.8. The molecule has 1 aliphatic heterocycles. The third-order valence-electron chi connectivity index (χ3n) is 10.2. The summed E-state index contributed by atoms with van der Waals surface area (Å²) in [4.78, 5) is 56.6. The minimum Gasteiger partial charge on any atom is -0.444 e. The highest BCUT2D eigenvalue weighted by Gasteiger charge is 2.40. The lowest BCUT2D eigenvalue weighted by atomic mass is 9.81. The molecule has 3 rings (SSSR count). The van der Waals surface area contributed by atoms with Gasteiger partial charge in [-0.2, -0.15) is 0 Å². The summed E-state index contributed by atoms with van der Waals surface area (Å²) in [7, 11) is 0. The second-order valence-electron chi connectivity index (χ2n) is 15.9. The summed E-state index contributed by atoms with van der Waals surface area (Å²) in [6.45, 7) is 14.3. The van der Waals surface area contributed by atoms with Crippen LogP contribution in [0.3, 0.4) is 0 Å². The van der Waals surface area contributed by atoms with Gasteiger partial charge in [0.05, 0.1) is 12.1 Å². The number of hydrogen-bond donors (Lipinski definition) is 4. The Hall–Kier alpha value is -3.14. The van der Waals surface area contributed by atoms with Crippen molar-refractivity contribution in [1.29, 1.82) is 0 Å². The molecular formula is C40H66N4O6. The first kappa shape index (κ1) is 41.3. The van der Waals surface area contributed by atoms with E-state index in [0.29, 0.717) is 25.3 Å². The van der Waals surface area contributed by atoms with E-state index in [1.54, 1.807) is 25.7 Å². The van der Waals surface area contributed by atoms with Crippen LogP contribution in [-0.2, 0) is 32.1 Å². The maximum Gasteiger partial charge on any atom is 0.408 e. The summed E-state index contributed by atoms with van der Waals surface area (Å²) >= 11 is 0. The molecule has 1 aliphatic carbocycles. The van der Waals surface area contributed by atoms with Crippen molar-refractivity contribution in [3.63, 3.8) is 0 Å². The van der Waals surface area contributed by atoms with Crippen LogP contribution < -0.4 is 16.0 Å². The maximum atomic E-state index is 14.5. The molecule has 10 heteroatoms. The van der Waals surface area contributed by atoms with Gasteiger partial charge < -0.3 is 30.7 Å². The lowest BCUT2D eigenvalue weighted by Gasteiger charge is -2.36. The molecule has 1 aromatic rings. The van der Waals surface area contributed by atoms with Gasteiger partial charge in [-0.05, 0) is 69.4 Å². The van der Waals surface area contributed by atoms with E-state index in [1.807, 2.05) is 38.1 Å². The van der Waals surface area contributed by atoms with Crippen LogP contribution in [-0.4, -0.2) is 70.2 Å². The average molecular weight is 699 g/mol. The van der Waals surface area contributed by atoms with Crippen LogP contribution in [0.2, 0.25) is 0 Å². The number of alkyl carbamates (subject to hydrolysis) is 1. The van der Waals surface area contributed by atoms with Crippen LogP contribution in [0.25, 0.3) is 0 Å². The summed E-state index contributed by atoms with van der Waals surface area (Å²) in [5.41, 5.74) is 1.12. The number of nitrogens with zero attached hydrogens (tertiary/aromatic N) is 1. The van der Waals surface area contributed by atoms with Crippen LogP contribution in [0.1, 0.15) is 137 Å². The molecule has 5 atom stereocenters. The molecule has 1 heterocycles. The van der Waals surface area contributed by atoms with E-state index >= 15 is 0 Å². The summed E-state index contributed by atoms with van der Waals surface area (Å²) in [5, 5.41) is 20.9. The first-order chi connectivity index (χ1) is 23.7. The van der Waals surface area contributed by atoms with Crippen molar-refractivity contribution in [1.82, 2.24) is 20.9 Å². The molecule has 0 saturated heterocycles. The molecule has 0 aromatic heterocycles. The number of carbonyl (C=O) groups is 4. The summed E-state index contributed by atoms with van der Waals surface area (Å²) in [6.07, 6.45) is 8.94. The van der Waals surface area contributed by atoms with Crippen LogP contribution in [0.15, 0.2) is 24.3 Å². The first-order valence-electron chi connectivity index (χ1n) is 19.4. The van der Waals surface area contributed by atoms with Gasteiger partial charge in [0.1, 0.15) is 17.7 Å². The van der Waals surface area contributed by atoms with Crippen LogP contribution >= 0.6 is 0 Å². The molecule has 1 aromatic carbocycles. The third-order valence-corrected chi connectivity index (χ3v) is 10.2. The number of aliphatic hydroxyl groups excluding tert-OH is 1. The molecule has 0 spiro atoms. The number of carbonyl (C=O) groups excluding carboxylic acids is 4.